The predicted molar refractivity (Wildman–Crippen MR) is 71.7 cm³/mol. The number of hydrogen-bond donors (Lipinski definition) is 4. The Bertz CT molecular complexity index is 463. The highest BCUT2D eigenvalue weighted by molar-refractivity contribution is 8.03. The first-order valence-corrected chi connectivity index (χ1v) is 6.03. The fourth-order valence-corrected chi connectivity index (χ4v) is 2.42. The third kappa shape index (κ3) is 2.59. The zero-order valence-corrected chi connectivity index (χ0v) is 10.2. The molecule has 0 bridgehead atoms. The van der Waals surface area contributed by atoms with Crippen molar-refractivity contribution in [3.63, 3.8) is 0 Å². The molecule has 4 nitrogen and oxygen atoms in total. The van der Waals surface area contributed by atoms with E-state index in [-0.39, 0.29) is 0 Å². The third-order valence-corrected chi connectivity index (χ3v) is 3.63. The SMILES string of the molecule is NC1(N)C=CC(Sc2ccccc2)=CC1(N)N. The van der Waals surface area contributed by atoms with Crippen LogP contribution in [-0.4, -0.2) is 11.3 Å². The first-order valence-electron chi connectivity index (χ1n) is 5.21. The standard InChI is InChI=1S/C12H16N4S/c13-11(14)7-6-10(8-12(11,15)16)17-9-4-2-1-3-5-9/h1-8H,13-16H2. The maximum absolute atomic E-state index is 5.89. The largest absolute Gasteiger partial charge is 0.307 e. The number of rotatable bonds is 2. The van der Waals surface area contributed by atoms with Crippen LogP contribution in [0.3, 0.4) is 0 Å². The Hall–Kier alpha value is -1.11. The van der Waals surface area contributed by atoms with E-state index in [9.17, 15) is 0 Å². The minimum absolute atomic E-state index is 0.938. The Labute approximate surface area is 105 Å². The molecule has 90 valence electrons. The van der Waals surface area contributed by atoms with Gasteiger partial charge in [0, 0.05) is 9.80 Å². The van der Waals surface area contributed by atoms with Gasteiger partial charge in [-0.3, -0.25) is 0 Å². The molecule has 0 atom stereocenters. The lowest BCUT2D eigenvalue weighted by Gasteiger charge is -2.38. The Morgan fingerprint density at radius 2 is 1.53 bits per heavy atom. The quantitative estimate of drug-likeness (QED) is 0.569. The predicted octanol–water partition coefficient (Wildman–Crippen LogP) is 0.460. The van der Waals surface area contributed by atoms with E-state index in [0.29, 0.717) is 0 Å². The summed E-state index contributed by atoms with van der Waals surface area (Å²) in [4.78, 5) is 2.05. The van der Waals surface area contributed by atoms with Gasteiger partial charge in [-0.2, -0.15) is 0 Å². The van der Waals surface area contributed by atoms with Crippen LogP contribution in [0.4, 0.5) is 0 Å². The van der Waals surface area contributed by atoms with Gasteiger partial charge in [0.25, 0.3) is 0 Å². The molecule has 0 saturated carbocycles. The van der Waals surface area contributed by atoms with E-state index in [1.807, 2.05) is 36.4 Å². The highest BCUT2D eigenvalue weighted by Gasteiger charge is 2.38. The number of thioether (sulfide) groups is 1. The molecule has 1 aliphatic carbocycles. The molecule has 0 radical (unpaired) electrons. The van der Waals surface area contributed by atoms with Gasteiger partial charge in [0.1, 0.15) is 11.3 Å². The molecule has 0 spiro atoms. The average molecular weight is 248 g/mol. The van der Waals surface area contributed by atoms with Crippen molar-refractivity contribution in [2.45, 2.75) is 16.2 Å². The Kier molecular flexibility index (Phi) is 3.11. The second-order valence-corrected chi connectivity index (χ2v) is 5.31. The van der Waals surface area contributed by atoms with Crippen LogP contribution in [0.1, 0.15) is 0 Å². The monoisotopic (exact) mass is 248 g/mol. The molecule has 0 fully saturated rings. The summed E-state index contributed by atoms with van der Waals surface area (Å²) >= 11 is 1.57. The van der Waals surface area contributed by atoms with Gasteiger partial charge in [-0.05, 0) is 30.4 Å². The second-order valence-electron chi connectivity index (χ2n) is 4.16. The minimum Gasteiger partial charge on any atom is -0.307 e. The van der Waals surface area contributed by atoms with Crippen molar-refractivity contribution in [1.29, 1.82) is 0 Å². The van der Waals surface area contributed by atoms with Crippen LogP contribution in [-0.2, 0) is 0 Å². The number of nitrogens with two attached hydrogens (primary N) is 4. The molecule has 1 aromatic carbocycles. The number of allylic oxidation sites excluding steroid dienone is 1. The van der Waals surface area contributed by atoms with Crippen LogP contribution in [0, 0.1) is 0 Å². The van der Waals surface area contributed by atoms with Gasteiger partial charge >= 0.3 is 0 Å². The van der Waals surface area contributed by atoms with Gasteiger partial charge in [0.2, 0.25) is 0 Å². The van der Waals surface area contributed by atoms with E-state index in [0.717, 1.165) is 9.80 Å². The number of benzene rings is 1. The Balaban J connectivity index is 2.20. The topological polar surface area (TPSA) is 104 Å². The lowest BCUT2D eigenvalue weighted by atomic mass is 9.91. The summed E-state index contributed by atoms with van der Waals surface area (Å²) in [6.07, 6.45) is 5.18. The Morgan fingerprint density at radius 1 is 0.882 bits per heavy atom. The lowest BCUT2D eigenvalue weighted by Crippen LogP contribution is -2.74. The molecule has 0 aliphatic heterocycles. The zero-order chi connectivity index (χ0) is 12.5. The highest BCUT2D eigenvalue weighted by atomic mass is 32.2. The molecular formula is C12H16N4S. The second kappa shape index (κ2) is 4.29. The molecule has 2 rings (SSSR count). The van der Waals surface area contributed by atoms with Crippen molar-refractivity contribution >= 4 is 11.8 Å². The maximum atomic E-state index is 5.89. The fourth-order valence-electron chi connectivity index (χ4n) is 1.46. The minimum atomic E-state index is -1.24. The van der Waals surface area contributed by atoms with E-state index in [1.165, 1.54) is 0 Å². The van der Waals surface area contributed by atoms with Crippen molar-refractivity contribution in [2.75, 3.05) is 0 Å². The molecular weight excluding hydrogens is 232 g/mol. The molecule has 0 aromatic heterocycles. The summed E-state index contributed by atoms with van der Waals surface area (Å²) in [5, 5.41) is 0. The van der Waals surface area contributed by atoms with Crippen LogP contribution < -0.4 is 22.9 Å². The van der Waals surface area contributed by atoms with Crippen molar-refractivity contribution in [3.8, 4) is 0 Å². The van der Waals surface area contributed by atoms with Crippen molar-refractivity contribution in [2.24, 2.45) is 22.9 Å². The molecule has 0 amide bonds. The molecule has 0 heterocycles. The average Bonchev–Trinajstić information content (AvgIpc) is 2.25. The first-order chi connectivity index (χ1) is 7.91. The first kappa shape index (κ1) is 12.3. The molecule has 8 N–H and O–H groups in total. The van der Waals surface area contributed by atoms with E-state index >= 15 is 0 Å². The van der Waals surface area contributed by atoms with Gasteiger partial charge in [-0.15, -0.1) is 0 Å². The van der Waals surface area contributed by atoms with Gasteiger partial charge in [-0.25, -0.2) is 0 Å². The van der Waals surface area contributed by atoms with E-state index in [1.54, 1.807) is 23.9 Å². The van der Waals surface area contributed by atoms with Crippen molar-refractivity contribution < 1.29 is 0 Å². The maximum Gasteiger partial charge on any atom is 0.120 e. The fraction of sp³-hybridized carbons (Fsp3) is 0.167. The van der Waals surface area contributed by atoms with Crippen LogP contribution >= 0.6 is 11.8 Å². The van der Waals surface area contributed by atoms with Crippen LogP contribution in [0.5, 0.6) is 0 Å². The molecule has 5 heteroatoms. The molecule has 17 heavy (non-hydrogen) atoms. The van der Waals surface area contributed by atoms with Crippen LogP contribution in [0.15, 0.2) is 58.4 Å². The summed E-state index contributed by atoms with van der Waals surface area (Å²) in [5.74, 6) is 0. The van der Waals surface area contributed by atoms with Gasteiger partial charge in [0.15, 0.2) is 0 Å². The molecule has 1 aromatic rings. The third-order valence-electron chi connectivity index (χ3n) is 2.63. The lowest BCUT2D eigenvalue weighted by molar-refractivity contribution is 0.347. The molecule has 0 unspecified atom stereocenters. The van der Waals surface area contributed by atoms with E-state index in [4.69, 9.17) is 22.9 Å². The van der Waals surface area contributed by atoms with Crippen LogP contribution in [0.2, 0.25) is 0 Å². The zero-order valence-electron chi connectivity index (χ0n) is 9.34. The summed E-state index contributed by atoms with van der Waals surface area (Å²) < 4.78 is 0. The summed E-state index contributed by atoms with van der Waals surface area (Å²) in [6, 6.07) is 9.95. The normalized spacial score (nSPS) is 21.1. The molecule has 0 saturated heterocycles. The van der Waals surface area contributed by atoms with Crippen molar-refractivity contribution in [1.82, 2.24) is 0 Å². The summed E-state index contributed by atoms with van der Waals surface area (Å²) in [7, 11) is 0. The van der Waals surface area contributed by atoms with Crippen molar-refractivity contribution in [3.05, 3.63) is 53.5 Å². The van der Waals surface area contributed by atoms with Gasteiger partial charge in [0.05, 0.1) is 0 Å². The molecule has 1 aliphatic rings. The van der Waals surface area contributed by atoms with Crippen LogP contribution in [0.25, 0.3) is 0 Å². The van der Waals surface area contributed by atoms with Gasteiger partial charge in [-0.1, -0.05) is 30.0 Å². The smallest absolute Gasteiger partial charge is 0.120 e. The highest BCUT2D eigenvalue weighted by Crippen LogP contribution is 2.32. The summed E-state index contributed by atoms with van der Waals surface area (Å²) in [6.45, 7) is 0. The van der Waals surface area contributed by atoms with Gasteiger partial charge < -0.3 is 22.9 Å². The van der Waals surface area contributed by atoms with E-state index in [2.05, 4.69) is 0 Å². The Morgan fingerprint density at radius 3 is 2.12 bits per heavy atom. The number of hydrogen-bond acceptors (Lipinski definition) is 5. The van der Waals surface area contributed by atoms with E-state index < -0.39 is 11.3 Å². The summed E-state index contributed by atoms with van der Waals surface area (Å²) in [5.41, 5.74) is 20.9.